The Hall–Kier alpha value is -0.0551. The van der Waals surface area contributed by atoms with Crippen LogP contribution in [0, 0.1) is 0 Å². The van der Waals surface area contributed by atoms with Crippen molar-refractivity contribution in [2.75, 3.05) is 20.6 Å². The third kappa shape index (κ3) is 9.34. The second-order valence-electron chi connectivity index (χ2n) is 1.74. The van der Waals surface area contributed by atoms with Crippen molar-refractivity contribution >= 4 is 8.41 Å². The maximum Gasteiger partial charge on any atom is 0.164 e. The summed E-state index contributed by atoms with van der Waals surface area (Å²) in [6.07, 6.45) is -1.20. The summed E-state index contributed by atoms with van der Waals surface area (Å²) in [5.74, 6) is 0. The smallest absolute Gasteiger partial charge is 0.164 e. The topological polar surface area (TPSA) is 43.7 Å². The summed E-state index contributed by atoms with van der Waals surface area (Å²) in [4.78, 5) is 1.70. The van der Waals surface area contributed by atoms with Crippen molar-refractivity contribution in [1.82, 2.24) is 4.90 Å². The molecular weight excluding hydrogens is 105 g/mol. The molecule has 0 aromatic heterocycles. The molecule has 0 amide bonds. The number of hydrogen-bond acceptors (Lipinski definition) is 3. The molecule has 0 aromatic rings. The second kappa shape index (κ2) is 5.09. The van der Waals surface area contributed by atoms with Crippen LogP contribution in [0.25, 0.3) is 0 Å². The molecule has 0 unspecified atom stereocenters. The molecule has 47 valence electrons. The van der Waals surface area contributed by atoms with E-state index < -0.39 is 6.29 Å². The van der Waals surface area contributed by atoms with Crippen LogP contribution in [0.15, 0.2) is 0 Å². The zero-order valence-electron chi connectivity index (χ0n) is 5.20. The first-order chi connectivity index (χ1) is 3.13. The molecule has 8 heavy (non-hydrogen) atoms. The summed E-state index contributed by atoms with van der Waals surface area (Å²) in [6.45, 7) is 0.306. The molecule has 2 N–H and O–H groups in total. The van der Waals surface area contributed by atoms with Crippen LogP contribution in [0.1, 0.15) is 0 Å². The molecule has 0 rings (SSSR count). The normalized spacial score (nSPS) is 9.75. The minimum Gasteiger partial charge on any atom is -0.367 e. The fourth-order valence-corrected chi connectivity index (χ4v) is 0.327. The van der Waals surface area contributed by atoms with Crippen LogP contribution in [-0.4, -0.2) is 50.5 Å². The van der Waals surface area contributed by atoms with E-state index in [9.17, 15) is 0 Å². The highest BCUT2D eigenvalue weighted by molar-refractivity contribution is 5.75. The molecule has 0 bridgehead atoms. The van der Waals surface area contributed by atoms with Gasteiger partial charge in [-0.1, -0.05) is 0 Å². The average molecular weight is 116 g/mol. The maximum atomic E-state index is 8.24. The Morgan fingerprint density at radius 2 is 1.75 bits per heavy atom. The van der Waals surface area contributed by atoms with Crippen LogP contribution in [0.3, 0.4) is 0 Å². The first-order valence-corrected chi connectivity index (χ1v) is 2.14. The van der Waals surface area contributed by atoms with E-state index in [0.717, 1.165) is 0 Å². The summed E-state index contributed by atoms with van der Waals surface area (Å²) < 4.78 is 0. The molecule has 0 atom stereocenters. The predicted octanol–water partition coefficient (Wildman–Crippen LogP) is -1.52. The lowest BCUT2D eigenvalue weighted by atomic mass is 10.6. The zero-order chi connectivity index (χ0) is 5.86. The van der Waals surface area contributed by atoms with Crippen LogP contribution in [-0.2, 0) is 0 Å². The molecule has 0 fully saturated rings. The van der Waals surface area contributed by atoms with Crippen LogP contribution >= 0.6 is 0 Å². The van der Waals surface area contributed by atoms with Gasteiger partial charge in [0.15, 0.2) is 6.29 Å². The summed E-state index contributed by atoms with van der Waals surface area (Å²) in [5.41, 5.74) is 0. The molecule has 0 heterocycles. The van der Waals surface area contributed by atoms with E-state index in [-0.39, 0.29) is 8.41 Å². The molecule has 0 saturated carbocycles. The molecule has 0 aliphatic rings. The molecule has 4 heteroatoms. The number of aliphatic hydroxyl groups is 2. The number of aliphatic hydroxyl groups excluding tert-OH is 1. The monoisotopic (exact) mass is 116 g/mol. The Morgan fingerprint density at radius 1 is 1.38 bits per heavy atom. The molecule has 0 aliphatic carbocycles. The van der Waals surface area contributed by atoms with Gasteiger partial charge in [0.25, 0.3) is 0 Å². The second-order valence-corrected chi connectivity index (χ2v) is 1.74. The number of likely N-dealkylation sites (N-methyl/N-ethyl adjacent to an activating group) is 1. The Labute approximate surface area is 51.5 Å². The third-order valence-corrected chi connectivity index (χ3v) is 0.528. The van der Waals surface area contributed by atoms with Gasteiger partial charge in [-0.3, -0.25) is 0 Å². The van der Waals surface area contributed by atoms with Crippen LogP contribution in [0.2, 0.25) is 0 Å². The Morgan fingerprint density at radius 3 is 1.75 bits per heavy atom. The molecule has 0 spiro atoms. The highest BCUT2D eigenvalue weighted by Gasteiger charge is 1.95. The van der Waals surface area contributed by atoms with E-state index in [1.165, 1.54) is 0 Å². The van der Waals surface area contributed by atoms with E-state index in [2.05, 4.69) is 0 Å². The molecule has 3 radical (unpaired) electrons. The number of hydrogen-bond donors (Lipinski definition) is 2. The van der Waals surface area contributed by atoms with Gasteiger partial charge in [-0.25, -0.2) is 0 Å². The summed E-state index contributed by atoms with van der Waals surface area (Å²) in [7, 11) is 3.55. The van der Waals surface area contributed by atoms with E-state index in [1.54, 1.807) is 19.0 Å². The van der Waals surface area contributed by atoms with Gasteiger partial charge < -0.3 is 15.1 Å². The lowest BCUT2D eigenvalue weighted by Crippen LogP contribution is -2.24. The lowest BCUT2D eigenvalue weighted by molar-refractivity contribution is -0.0537. The van der Waals surface area contributed by atoms with Gasteiger partial charge >= 0.3 is 0 Å². The molecule has 0 saturated heterocycles. The number of rotatable bonds is 2. The summed E-state index contributed by atoms with van der Waals surface area (Å²) in [5, 5.41) is 16.5. The zero-order valence-corrected chi connectivity index (χ0v) is 5.20. The van der Waals surface area contributed by atoms with Crippen LogP contribution in [0.5, 0.6) is 0 Å². The molecule has 0 aromatic carbocycles. The predicted molar refractivity (Wildman–Crippen MR) is 32.5 cm³/mol. The van der Waals surface area contributed by atoms with Crippen molar-refractivity contribution in [2.24, 2.45) is 0 Å². The van der Waals surface area contributed by atoms with Gasteiger partial charge in [0.1, 0.15) is 0 Å². The van der Waals surface area contributed by atoms with Crippen molar-refractivity contribution in [3.05, 3.63) is 0 Å². The Kier molecular flexibility index (Phi) is 6.90. The SMILES string of the molecule is CN(C)CC(O)O.[B]. The van der Waals surface area contributed by atoms with Crippen molar-refractivity contribution in [3.63, 3.8) is 0 Å². The Balaban J connectivity index is 0. The van der Waals surface area contributed by atoms with Crippen molar-refractivity contribution in [1.29, 1.82) is 0 Å². The van der Waals surface area contributed by atoms with Gasteiger partial charge in [-0.2, -0.15) is 0 Å². The minimum atomic E-state index is -1.20. The minimum absolute atomic E-state index is 0. The Bertz CT molecular complexity index is 43.3. The summed E-state index contributed by atoms with van der Waals surface area (Å²) in [6, 6.07) is 0. The number of nitrogens with zero attached hydrogens (tertiary/aromatic N) is 1. The fraction of sp³-hybridized carbons (Fsp3) is 1.00. The van der Waals surface area contributed by atoms with Crippen molar-refractivity contribution in [2.45, 2.75) is 6.29 Å². The van der Waals surface area contributed by atoms with Gasteiger partial charge in [0.2, 0.25) is 0 Å². The first kappa shape index (κ1) is 10.8. The van der Waals surface area contributed by atoms with E-state index in [0.29, 0.717) is 6.54 Å². The van der Waals surface area contributed by atoms with E-state index in [1.807, 2.05) is 0 Å². The van der Waals surface area contributed by atoms with Gasteiger partial charge in [0.05, 0.1) is 0 Å². The van der Waals surface area contributed by atoms with Crippen molar-refractivity contribution in [3.8, 4) is 0 Å². The quantitative estimate of drug-likeness (QED) is 0.340. The standard InChI is InChI=1S/C4H11NO2.B/c1-5(2)3-4(6)7;/h4,6-7H,3H2,1-2H3;. The lowest BCUT2D eigenvalue weighted by Gasteiger charge is -2.09. The van der Waals surface area contributed by atoms with Gasteiger partial charge in [0, 0.05) is 15.0 Å². The fourth-order valence-electron chi connectivity index (χ4n) is 0.327. The largest absolute Gasteiger partial charge is 0.367 e. The molecule has 0 aliphatic heterocycles. The van der Waals surface area contributed by atoms with Crippen LogP contribution < -0.4 is 0 Å². The first-order valence-electron chi connectivity index (χ1n) is 2.14. The average Bonchev–Trinajstić information content (AvgIpc) is 1.27. The van der Waals surface area contributed by atoms with E-state index in [4.69, 9.17) is 10.2 Å². The maximum absolute atomic E-state index is 8.24. The molecule has 3 nitrogen and oxygen atoms in total. The van der Waals surface area contributed by atoms with E-state index >= 15 is 0 Å². The summed E-state index contributed by atoms with van der Waals surface area (Å²) >= 11 is 0. The van der Waals surface area contributed by atoms with Crippen LogP contribution in [0.4, 0.5) is 0 Å². The van der Waals surface area contributed by atoms with Crippen molar-refractivity contribution < 1.29 is 10.2 Å². The van der Waals surface area contributed by atoms with Gasteiger partial charge in [-0.15, -0.1) is 0 Å². The molecular formula is C4H11BNO2. The highest BCUT2D eigenvalue weighted by atomic mass is 16.5. The third-order valence-electron chi connectivity index (χ3n) is 0.528. The highest BCUT2D eigenvalue weighted by Crippen LogP contribution is 1.76. The van der Waals surface area contributed by atoms with Gasteiger partial charge in [-0.05, 0) is 14.1 Å².